The van der Waals surface area contributed by atoms with Crippen molar-refractivity contribution in [1.82, 2.24) is 5.32 Å². The van der Waals surface area contributed by atoms with Crippen LogP contribution in [-0.4, -0.2) is 25.7 Å². The van der Waals surface area contributed by atoms with Gasteiger partial charge in [-0.2, -0.15) is 0 Å². The Hall–Kier alpha value is -0.570. The Morgan fingerprint density at radius 1 is 0.533 bits per heavy atom. The average Bonchev–Trinajstić information content (AvgIpc) is 2.75. The lowest BCUT2D eigenvalue weighted by Gasteiger charge is -2.07. The zero-order valence-corrected chi connectivity index (χ0v) is 20.8. The van der Waals surface area contributed by atoms with Crippen LogP contribution in [0.4, 0.5) is 0 Å². The third kappa shape index (κ3) is 25.5. The fourth-order valence-electron chi connectivity index (χ4n) is 3.90. The Bertz CT molecular complexity index is 333. The van der Waals surface area contributed by atoms with Gasteiger partial charge in [-0.25, -0.2) is 0 Å². The van der Waals surface area contributed by atoms with Gasteiger partial charge in [-0.1, -0.05) is 129 Å². The maximum absolute atomic E-state index is 11.7. The number of hydrogen-bond donors (Lipinski definition) is 1. The first-order valence-corrected chi connectivity index (χ1v) is 13.7. The molecular formula is C27H55NO2. The Kier molecular flexibility index (Phi) is 26.0. The molecule has 0 fully saturated rings. The highest BCUT2D eigenvalue weighted by Crippen LogP contribution is 2.11. The van der Waals surface area contributed by atoms with Crippen molar-refractivity contribution in [2.24, 2.45) is 0 Å². The molecule has 0 unspecified atom stereocenters. The Morgan fingerprint density at radius 3 is 1.40 bits per heavy atom. The first-order valence-electron chi connectivity index (χ1n) is 13.7. The largest absolute Gasteiger partial charge is 0.466 e. The fraction of sp³-hybridized carbons (Fsp3) is 0.963. The molecule has 0 rings (SSSR count). The molecule has 0 radical (unpaired) electrons. The van der Waals surface area contributed by atoms with Crippen LogP contribution in [0.15, 0.2) is 0 Å². The SMILES string of the molecule is CCCCCCCCCCCCNCCC(=O)OCCCCCCCCCCCC. The Labute approximate surface area is 189 Å². The number of unbranched alkanes of at least 4 members (excludes halogenated alkanes) is 18. The van der Waals surface area contributed by atoms with E-state index >= 15 is 0 Å². The van der Waals surface area contributed by atoms with E-state index in [0.717, 1.165) is 19.5 Å². The summed E-state index contributed by atoms with van der Waals surface area (Å²) in [7, 11) is 0. The van der Waals surface area contributed by atoms with Gasteiger partial charge in [0.25, 0.3) is 0 Å². The summed E-state index contributed by atoms with van der Waals surface area (Å²) >= 11 is 0. The maximum Gasteiger partial charge on any atom is 0.307 e. The van der Waals surface area contributed by atoms with E-state index in [1.165, 1.54) is 122 Å². The predicted octanol–water partition coefficient (Wildman–Crippen LogP) is 8.35. The number of nitrogens with one attached hydrogen (secondary N) is 1. The van der Waals surface area contributed by atoms with E-state index < -0.39 is 0 Å². The summed E-state index contributed by atoms with van der Waals surface area (Å²) in [5, 5.41) is 3.38. The van der Waals surface area contributed by atoms with Crippen molar-refractivity contribution in [2.75, 3.05) is 19.7 Å². The fourth-order valence-corrected chi connectivity index (χ4v) is 3.90. The van der Waals surface area contributed by atoms with Gasteiger partial charge < -0.3 is 10.1 Å². The van der Waals surface area contributed by atoms with Crippen LogP contribution in [0.3, 0.4) is 0 Å². The average molecular weight is 426 g/mol. The molecule has 0 spiro atoms. The van der Waals surface area contributed by atoms with Crippen molar-refractivity contribution in [3.63, 3.8) is 0 Å². The molecule has 0 aromatic heterocycles. The van der Waals surface area contributed by atoms with Gasteiger partial charge in [0, 0.05) is 6.54 Å². The normalized spacial score (nSPS) is 11.1. The molecule has 180 valence electrons. The van der Waals surface area contributed by atoms with E-state index in [4.69, 9.17) is 4.74 Å². The van der Waals surface area contributed by atoms with Crippen LogP contribution >= 0.6 is 0 Å². The van der Waals surface area contributed by atoms with E-state index in [1.54, 1.807) is 0 Å². The summed E-state index contributed by atoms with van der Waals surface area (Å²) in [6.45, 7) is 6.93. The Morgan fingerprint density at radius 2 is 0.933 bits per heavy atom. The van der Waals surface area contributed by atoms with Crippen LogP contribution in [0.1, 0.15) is 149 Å². The van der Waals surface area contributed by atoms with E-state index in [1.807, 2.05) is 0 Å². The molecule has 0 aromatic rings. The number of rotatable bonds is 25. The van der Waals surface area contributed by atoms with Crippen molar-refractivity contribution in [3.05, 3.63) is 0 Å². The molecule has 0 saturated heterocycles. The molecule has 0 heterocycles. The number of carbonyl (C=O) groups is 1. The van der Waals surface area contributed by atoms with Gasteiger partial charge in [0.1, 0.15) is 0 Å². The first kappa shape index (κ1) is 29.4. The molecule has 0 atom stereocenters. The van der Waals surface area contributed by atoms with E-state index in [0.29, 0.717) is 13.0 Å². The highest BCUT2D eigenvalue weighted by Gasteiger charge is 2.02. The molecule has 0 aliphatic rings. The molecule has 0 saturated carbocycles. The maximum atomic E-state index is 11.7. The lowest BCUT2D eigenvalue weighted by Crippen LogP contribution is -2.20. The van der Waals surface area contributed by atoms with E-state index in [9.17, 15) is 4.79 Å². The van der Waals surface area contributed by atoms with E-state index in [2.05, 4.69) is 19.2 Å². The Balaban J connectivity index is 3.13. The quantitative estimate of drug-likeness (QED) is 0.118. The molecule has 3 heteroatoms. The second-order valence-electron chi connectivity index (χ2n) is 9.08. The zero-order valence-electron chi connectivity index (χ0n) is 20.8. The van der Waals surface area contributed by atoms with Crippen molar-refractivity contribution < 1.29 is 9.53 Å². The minimum atomic E-state index is -0.0403. The topological polar surface area (TPSA) is 38.3 Å². The summed E-state index contributed by atoms with van der Waals surface area (Å²) in [6, 6.07) is 0. The predicted molar refractivity (Wildman–Crippen MR) is 132 cm³/mol. The van der Waals surface area contributed by atoms with Gasteiger partial charge in [0.05, 0.1) is 13.0 Å². The highest BCUT2D eigenvalue weighted by molar-refractivity contribution is 5.69. The second kappa shape index (κ2) is 26.5. The molecule has 0 aromatic carbocycles. The molecule has 0 amide bonds. The standard InChI is InChI=1S/C27H55NO2/c1-3-5-7-9-11-13-15-17-19-21-24-28-25-23-27(29)30-26-22-20-18-16-14-12-10-8-6-4-2/h28H,3-26H2,1-2H3. The van der Waals surface area contributed by atoms with Gasteiger partial charge >= 0.3 is 5.97 Å². The van der Waals surface area contributed by atoms with Gasteiger partial charge in [-0.05, 0) is 19.4 Å². The molecule has 30 heavy (non-hydrogen) atoms. The molecule has 1 N–H and O–H groups in total. The van der Waals surface area contributed by atoms with Gasteiger partial charge in [-0.15, -0.1) is 0 Å². The smallest absolute Gasteiger partial charge is 0.307 e. The van der Waals surface area contributed by atoms with Crippen LogP contribution in [-0.2, 0) is 9.53 Å². The molecule has 0 bridgehead atoms. The van der Waals surface area contributed by atoms with Gasteiger partial charge in [0.2, 0.25) is 0 Å². The van der Waals surface area contributed by atoms with Crippen LogP contribution in [0.2, 0.25) is 0 Å². The van der Waals surface area contributed by atoms with Gasteiger partial charge in [0.15, 0.2) is 0 Å². The lowest BCUT2D eigenvalue weighted by molar-refractivity contribution is -0.143. The molecule has 3 nitrogen and oxygen atoms in total. The zero-order chi connectivity index (χ0) is 22.0. The van der Waals surface area contributed by atoms with Crippen LogP contribution in [0, 0.1) is 0 Å². The highest BCUT2D eigenvalue weighted by atomic mass is 16.5. The summed E-state index contributed by atoms with van der Waals surface area (Å²) in [5.41, 5.74) is 0. The van der Waals surface area contributed by atoms with Crippen LogP contribution < -0.4 is 5.32 Å². The van der Waals surface area contributed by atoms with Crippen molar-refractivity contribution >= 4 is 5.97 Å². The minimum absolute atomic E-state index is 0.0403. The summed E-state index contributed by atoms with van der Waals surface area (Å²) < 4.78 is 5.34. The first-order chi connectivity index (χ1) is 14.8. The molecular weight excluding hydrogens is 370 g/mol. The summed E-state index contributed by atoms with van der Waals surface area (Å²) in [4.78, 5) is 11.7. The van der Waals surface area contributed by atoms with Crippen molar-refractivity contribution in [3.8, 4) is 0 Å². The summed E-state index contributed by atoms with van der Waals surface area (Å²) in [6.07, 6.45) is 27.3. The van der Waals surface area contributed by atoms with Crippen LogP contribution in [0.5, 0.6) is 0 Å². The third-order valence-corrected chi connectivity index (χ3v) is 5.97. The number of hydrogen-bond acceptors (Lipinski definition) is 3. The third-order valence-electron chi connectivity index (χ3n) is 5.97. The second-order valence-corrected chi connectivity index (χ2v) is 9.08. The van der Waals surface area contributed by atoms with E-state index in [-0.39, 0.29) is 5.97 Å². The summed E-state index contributed by atoms with van der Waals surface area (Å²) in [5.74, 6) is -0.0403. The lowest BCUT2D eigenvalue weighted by atomic mass is 10.1. The number of carbonyl (C=O) groups excluding carboxylic acids is 1. The van der Waals surface area contributed by atoms with Crippen molar-refractivity contribution in [2.45, 2.75) is 149 Å². The van der Waals surface area contributed by atoms with Crippen LogP contribution in [0.25, 0.3) is 0 Å². The number of ether oxygens (including phenoxy) is 1. The monoisotopic (exact) mass is 425 g/mol. The molecule has 0 aliphatic heterocycles. The number of esters is 1. The van der Waals surface area contributed by atoms with Crippen molar-refractivity contribution in [1.29, 1.82) is 0 Å². The van der Waals surface area contributed by atoms with Gasteiger partial charge in [-0.3, -0.25) is 4.79 Å². The molecule has 0 aliphatic carbocycles. The minimum Gasteiger partial charge on any atom is -0.466 e.